The lowest BCUT2D eigenvalue weighted by Crippen LogP contribution is -2.33. The fourth-order valence-corrected chi connectivity index (χ4v) is 4.70. The molecule has 0 unspecified atom stereocenters. The Kier molecular flexibility index (Phi) is 5.06. The average molecular weight is 396 g/mol. The van der Waals surface area contributed by atoms with E-state index >= 15 is 0 Å². The summed E-state index contributed by atoms with van der Waals surface area (Å²) in [5.41, 5.74) is 2.23. The van der Waals surface area contributed by atoms with Crippen molar-refractivity contribution in [2.24, 2.45) is 0 Å². The number of carbonyl (C=O) groups is 1. The van der Waals surface area contributed by atoms with Crippen LogP contribution in [0.5, 0.6) is 0 Å². The highest BCUT2D eigenvalue weighted by Crippen LogP contribution is 2.36. The van der Waals surface area contributed by atoms with Crippen molar-refractivity contribution in [2.45, 2.75) is 25.8 Å². The van der Waals surface area contributed by atoms with Crippen molar-refractivity contribution < 1.29 is 9.72 Å². The summed E-state index contributed by atoms with van der Waals surface area (Å²) in [7, 11) is 0. The molecule has 1 fully saturated rings. The van der Waals surface area contributed by atoms with E-state index < -0.39 is 4.92 Å². The maximum atomic E-state index is 12.6. The lowest BCUT2D eigenvalue weighted by atomic mass is 10.2. The second-order valence-corrected chi connectivity index (χ2v) is 8.02. The second kappa shape index (κ2) is 7.65. The highest BCUT2D eigenvalue weighted by atomic mass is 32.1. The molecule has 1 N–H and O–H groups in total. The van der Waals surface area contributed by atoms with Crippen molar-refractivity contribution in [3.63, 3.8) is 0 Å². The molecule has 28 heavy (non-hydrogen) atoms. The molecule has 8 heteroatoms. The standard InChI is InChI=1S/C20H20N4O3S/c1-13-8-9-14(24(26)27)11-16(13)21-19(25)12-23-10-4-6-17(23)20-22-15-5-2-3-7-18(15)28-20/h2-3,5,7-9,11,17H,4,6,10,12H2,1H3,(H,21,25)/t17-/m1/s1. The number of nitrogens with zero attached hydrogens (tertiary/aromatic N) is 3. The lowest BCUT2D eigenvalue weighted by Gasteiger charge is -2.22. The molecule has 1 aromatic heterocycles. The molecule has 2 heterocycles. The van der Waals surface area contributed by atoms with Crippen molar-refractivity contribution in [3.8, 4) is 0 Å². The van der Waals surface area contributed by atoms with Crippen LogP contribution < -0.4 is 5.32 Å². The van der Waals surface area contributed by atoms with E-state index in [9.17, 15) is 14.9 Å². The third kappa shape index (κ3) is 3.74. The van der Waals surface area contributed by atoms with Gasteiger partial charge in [-0.2, -0.15) is 0 Å². The number of para-hydroxylation sites is 1. The maximum absolute atomic E-state index is 12.6. The van der Waals surface area contributed by atoms with E-state index in [1.54, 1.807) is 17.4 Å². The molecule has 1 aliphatic rings. The molecule has 2 aromatic carbocycles. The van der Waals surface area contributed by atoms with Gasteiger partial charge in [-0.15, -0.1) is 11.3 Å². The molecule has 1 aliphatic heterocycles. The molecule has 4 rings (SSSR count). The molecule has 3 aromatic rings. The summed E-state index contributed by atoms with van der Waals surface area (Å²) in [5, 5.41) is 14.9. The first-order valence-corrected chi connectivity index (χ1v) is 9.97. The first kappa shape index (κ1) is 18.5. The van der Waals surface area contributed by atoms with Crippen molar-refractivity contribution >= 4 is 38.8 Å². The molecule has 7 nitrogen and oxygen atoms in total. The molecule has 0 bridgehead atoms. The van der Waals surface area contributed by atoms with Crippen molar-refractivity contribution in [1.29, 1.82) is 0 Å². The Morgan fingerprint density at radius 1 is 1.36 bits per heavy atom. The minimum atomic E-state index is -0.460. The smallest absolute Gasteiger partial charge is 0.271 e. The zero-order chi connectivity index (χ0) is 19.7. The van der Waals surface area contributed by atoms with Crippen LogP contribution in [0.25, 0.3) is 10.2 Å². The fourth-order valence-electron chi connectivity index (χ4n) is 3.56. The minimum Gasteiger partial charge on any atom is -0.324 e. The van der Waals surface area contributed by atoms with E-state index in [2.05, 4.69) is 16.3 Å². The van der Waals surface area contributed by atoms with Gasteiger partial charge < -0.3 is 5.32 Å². The Balaban J connectivity index is 1.48. The second-order valence-electron chi connectivity index (χ2n) is 6.95. The number of benzene rings is 2. The van der Waals surface area contributed by atoms with Gasteiger partial charge in [-0.1, -0.05) is 18.2 Å². The first-order valence-electron chi connectivity index (χ1n) is 9.15. The van der Waals surface area contributed by atoms with Crippen LogP contribution in [-0.4, -0.2) is 33.8 Å². The number of likely N-dealkylation sites (tertiary alicyclic amines) is 1. The molecule has 0 radical (unpaired) electrons. The van der Waals surface area contributed by atoms with Crippen LogP contribution in [0.4, 0.5) is 11.4 Å². The summed E-state index contributed by atoms with van der Waals surface area (Å²) in [5.74, 6) is -0.170. The van der Waals surface area contributed by atoms with E-state index in [1.165, 1.54) is 12.1 Å². The number of hydrogen-bond acceptors (Lipinski definition) is 6. The summed E-state index contributed by atoms with van der Waals surface area (Å²) in [6.45, 7) is 2.89. The van der Waals surface area contributed by atoms with Crippen LogP contribution in [0, 0.1) is 17.0 Å². The van der Waals surface area contributed by atoms with Gasteiger partial charge >= 0.3 is 0 Å². The molecular formula is C20H20N4O3S. The van der Waals surface area contributed by atoms with Gasteiger partial charge in [0.05, 0.1) is 33.4 Å². The third-order valence-electron chi connectivity index (χ3n) is 5.01. The highest BCUT2D eigenvalue weighted by Gasteiger charge is 2.30. The number of hydrogen-bond donors (Lipinski definition) is 1. The minimum absolute atomic E-state index is 0.0329. The van der Waals surface area contributed by atoms with Gasteiger partial charge in [0.15, 0.2) is 0 Å². The number of rotatable bonds is 5. The predicted octanol–water partition coefficient (Wildman–Crippen LogP) is 4.29. The van der Waals surface area contributed by atoms with Gasteiger partial charge in [0.2, 0.25) is 5.91 Å². The van der Waals surface area contributed by atoms with E-state index in [0.717, 1.165) is 40.2 Å². The number of non-ortho nitro benzene ring substituents is 1. The van der Waals surface area contributed by atoms with Gasteiger partial charge in [-0.3, -0.25) is 19.8 Å². The number of carbonyl (C=O) groups excluding carboxylic acids is 1. The molecule has 1 atom stereocenters. The maximum Gasteiger partial charge on any atom is 0.271 e. The molecule has 1 amide bonds. The molecule has 0 saturated carbocycles. The Labute approximate surface area is 166 Å². The monoisotopic (exact) mass is 396 g/mol. The summed E-state index contributed by atoms with van der Waals surface area (Å²) < 4.78 is 1.15. The Hall–Kier alpha value is -2.84. The highest BCUT2D eigenvalue weighted by molar-refractivity contribution is 7.18. The summed E-state index contributed by atoms with van der Waals surface area (Å²) >= 11 is 1.68. The SMILES string of the molecule is Cc1ccc([N+](=O)[O-])cc1NC(=O)CN1CCC[C@@H]1c1nc2ccccc2s1. The van der Waals surface area contributed by atoms with Crippen LogP contribution in [0.1, 0.15) is 29.5 Å². The van der Waals surface area contributed by atoms with E-state index in [4.69, 9.17) is 4.98 Å². The average Bonchev–Trinajstić information content (AvgIpc) is 3.29. The Bertz CT molecular complexity index is 1020. The largest absolute Gasteiger partial charge is 0.324 e. The van der Waals surface area contributed by atoms with Crippen molar-refractivity contribution in [1.82, 2.24) is 9.88 Å². The van der Waals surface area contributed by atoms with Gasteiger partial charge in [0, 0.05) is 12.1 Å². The first-order chi connectivity index (χ1) is 13.5. The molecule has 0 aliphatic carbocycles. The summed E-state index contributed by atoms with van der Waals surface area (Å²) in [6.07, 6.45) is 1.99. The third-order valence-corrected chi connectivity index (χ3v) is 6.15. The van der Waals surface area contributed by atoms with Gasteiger partial charge in [-0.05, 0) is 44.0 Å². The van der Waals surface area contributed by atoms with Gasteiger partial charge in [0.25, 0.3) is 5.69 Å². The summed E-state index contributed by atoms with van der Waals surface area (Å²) in [4.78, 5) is 30.0. The fraction of sp³-hybridized carbons (Fsp3) is 0.300. The van der Waals surface area contributed by atoms with E-state index in [-0.39, 0.29) is 24.2 Å². The van der Waals surface area contributed by atoms with Crippen LogP contribution in [0.2, 0.25) is 0 Å². The summed E-state index contributed by atoms with van der Waals surface area (Å²) in [6, 6.07) is 12.7. The Morgan fingerprint density at radius 2 is 2.18 bits per heavy atom. The van der Waals surface area contributed by atoms with E-state index in [1.807, 2.05) is 25.1 Å². The van der Waals surface area contributed by atoms with Crippen LogP contribution in [0.15, 0.2) is 42.5 Å². The zero-order valence-electron chi connectivity index (χ0n) is 15.4. The quantitative estimate of drug-likeness (QED) is 0.513. The normalized spacial score (nSPS) is 17.1. The van der Waals surface area contributed by atoms with Crippen molar-refractivity contribution in [3.05, 3.63) is 63.1 Å². The van der Waals surface area contributed by atoms with Gasteiger partial charge in [0.1, 0.15) is 5.01 Å². The number of aromatic nitrogens is 1. The van der Waals surface area contributed by atoms with Crippen LogP contribution in [0.3, 0.4) is 0 Å². The topological polar surface area (TPSA) is 88.4 Å². The zero-order valence-corrected chi connectivity index (χ0v) is 16.2. The van der Waals surface area contributed by atoms with Crippen molar-refractivity contribution in [2.75, 3.05) is 18.4 Å². The number of fused-ring (bicyclic) bond motifs is 1. The Morgan fingerprint density at radius 3 is 2.96 bits per heavy atom. The van der Waals surface area contributed by atoms with E-state index in [0.29, 0.717) is 5.69 Å². The molecule has 1 saturated heterocycles. The number of nitrogens with one attached hydrogen (secondary N) is 1. The number of amides is 1. The predicted molar refractivity (Wildman–Crippen MR) is 110 cm³/mol. The number of aryl methyl sites for hydroxylation is 1. The number of nitro groups is 1. The van der Waals surface area contributed by atoms with Crippen LogP contribution in [-0.2, 0) is 4.79 Å². The lowest BCUT2D eigenvalue weighted by molar-refractivity contribution is -0.384. The number of thiazole rings is 1. The van der Waals surface area contributed by atoms with Crippen LogP contribution >= 0.6 is 11.3 Å². The number of nitro benzene ring substituents is 1. The molecule has 144 valence electrons. The number of anilines is 1. The molecular weight excluding hydrogens is 376 g/mol. The van der Waals surface area contributed by atoms with Gasteiger partial charge in [-0.25, -0.2) is 4.98 Å². The molecule has 0 spiro atoms.